The van der Waals surface area contributed by atoms with E-state index in [4.69, 9.17) is 14.2 Å². The Morgan fingerprint density at radius 1 is 1.35 bits per heavy atom. The van der Waals surface area contributed by atoms with E-state index in [1.54, 1.807) is 53.1 Å². The molecule has 1 amide bonds. The van der Waals surface area contributed by atoms with Gasteiger partial charge in [0.05, 0.1) is 0 Å². The molecule has 0 spiro atoms. The molecule has 7 heteroatoms. The van der Waals surface area contributed by atoms with E-state index in [-0.39, 0.29) is 0 Å². The Morgan fingerprint density at radius 3 is 2.52 bits per heavy atom. The third-order valence-corrected chi connectivity index (χ3v) is 2.86. The number of alkyl carbamates (subject to hydrolysis) is 1. The van der Waals surface area contributed by atoms with Crippen molar-refractivity contribution in [3.05, 3.63) is 36.3 Å². The van der Waals surface area contributed by atoms with Gasteiger partial charge in [0.15, 0.2) is 5.76 Å². The molecule has 2 heterocycles. The summed E-state index contributed by atoms with van der Waals surface area (Å²) in [5, 5.41) is 2.79. The van der Waals surface area contributed by atoms with Gasteiger partial charge in [-0.3, -0.25) is 0 Å². The maximum Gasteiger partial charge on any atom is 0.408 e. The molecular weight excluding hydrogens is 298 g/mol. The van der Waals surface area contributed by atoms with Gasteiger partial charge in [0.2, 0.25) is 5.79 Å². The van der Waals surface area contributed by atoms with Crippen molar-refractivity contribution in [1.29, 1.82) is 0 Å². The maximum atomic E-state index is 12.1. The number of ether oxygens (including phenoxy) is 3. The molecule has 0 saturated carbocycles. The van der Waals surface area contributed by atoms with Crippen molar-refractivity contribution in [1.82, 2.24) is 15.3 Å². The van der Waals surface area contributed by atoms with E-state index in [0.29, 0.717) is 18.0 Å². The van der Waals surface area contributed by atoms with Gasteiger partial charge in [-0.2, -0.15) is 0 Å². The Balaban J connectivity index is 2.10. The highest BCUT2D eigenvalue weighted by Crippen LogP contribution is 2.27. The van der Waals surface area contributed by atoms with E-state index in [1.165, 1.54) is 6.26 Å². The zero-order chi connectivity index (χ0) is 17.1. The minimum Gasteiger partial charge on any atom is -0.457 e. The van der Waals surface area contributed by atoms with Gasteiger partial charge >= 0.3 is 6.09 Å². The predicted octanol–water partition coefficient (Wildman–Crippen LogP) is 2.54. The minimum absolute atomic E-state index is 0.366. The topological polar surface area (TPSA) is 82.6 Å². The fraction of sp³-hybridized carbons (Fsp3) is 0.562. The number of nitrogens with zero attached hydrogens (tertiary/aromatic N) is 2. The molecule has 0 fully saturated rings. The van der Waals surface area contributed by atoms with E-state index in [9.17, 15) is 4.79 Å². The van der Waals surface area contributed by atoms with Crippen molar-refractivity contribution in [2.24, 2.45) is 0 Å². The molecule has 1 N–H and O–H groups in total. The fourth-order valence-electron chi connectivity index (χ4n) is 1.98. The summed E-state index contributed by atoms with van der Waals surface area (Å²) >= 11 is 0. The van der Waals surface area contributed by atoms with Crippen LogP contribution in [0, 0.1) is 0 Å². The lowest BCUT2D eigenvalue weighted by molar-refractivity contribution is -0.119. The molecule has 126 valence electrons. The van der Waals surface area contributed by atoms with Crippen LogP contribution < -0.4 is 5.32 Å². The van der Waals surface area contributed by atoms with Crippen LogP contribution in [0.2, 0.25) is 0 Å². The van der Waals surface area contributed by atoms with Gasteiger partial charge in [-0.25, -0.2) is 14.8 Å². The van der Waals surface area contributed by atoms with Gasteiger partial charge in [0.1, 0.15) is 23.7 Å². The van der Waals surface area contributed by atoms with E-state index in [2.05, 4.69) is 15.3 Å². The van der Waals surface area contributed by atoms with Crippen LogP contribution in [0.25, 0.3) is 0 Å². The van der Waals surface area contributed by atoms with Gasteiger partial charge in [-0.15, -0.1) is 0 Å². The van der Waals surface area contributed by atoms with Crippen LogP contribution in [0.15, 0.2) is 30.5 Å². The summed E-state index contributed by atoms with van der Waals surface area (Å²) in [6.07, 6.45) is 4.64. The molecule has 1 aliphatic rings. The Bertz CT molecular complexity index is 579. The highest BCUT2D eigenvalue weighted by atomic mass is 16.7. The zero-order valence-corrected chi connectivity index (χ0v) is 14.1. The van der Waals surface area contributed by atoms with Crippen LogP contribution in [-0.2, 0) is 20.6 Å². The molecule has 7 nitrogen and oxygen atoms in total. The first-order valence-corrected chi connectivity index (χ1v) is 7.47. The monoisotopic (exact) mass is 321 g/mol. The number of carbonyl (C=O) groups is 1. The summed E-state index contributed by atoms with van der Waals surface area (Å²) in [4.78, 5) is 20.4. The molecular formula is C16H23N3O4. The first-order chi connectivity index (χ1) is 10.6. The smallest absolute Gasteiger partial charge is 0.408 e. The van der Waals surface area contributed by atoms with Crippen molar-refractivity contribution in [3.8, 4) is 0 Å². The van der Waals surface area contributed by atoms with E-state index in [1.807, 2.05) is 0 Å². The first-order valence-electron chi connectivity index (χ1n) is 7.47. The molecule has 0 radical (unpaired) electrons. The molecule has 0 aromatic carbocycles. The molecule has 1 aromatic rings. The molecule has 0 unspecified atom stereocenters. The van der Waals surface area contributed by atoms with Crippen LogP contribution >= 0.6 is 0 Å². The SMILES string of the molecule is CC(C)(C)OC(=O)N[C@H](Cc1ncccn1)C1=COC(C)(C)O1. The first kappa shape index (κ1) is 17.1. The molecule has 0 aliphatic carbocycles. The standard InChI is InChI=1S/C16H23N3O4/c1-15(2,3)23-14(20)19-11(9-13-17-7-6-8-18-13)12-10-21-16(4,5)22-12/h6-8,10-11H,9H2,1-5H3,(H,19,20)/t11-/m1/s1. The molecule has 1 aromatic heterocycles. The third kappa shape index (κ3) is 5.43. The number of carbonyl (C=O) groups excluding carboxylic acids is 1. The molecule has 1 aliphatic heterocycles. The summed E-state index contributed by atoms with van der Waals surface area (Å²) in [6.45, 7) is 9.00. The predicted molar refractivity (Wildman–Crippen MR) is 83.2 cm³/mol. The Morgan fingerprint density at radius 2 is 2.00 bits per heavy atom. The van der Waals surface area contributed by atoms with Crippen molar-refractivity contribution in [3.63, 3.8) is 0 Å². The van der Waals surface area contributed by atoms with Gasteiger partial charge < -0.3 is 19.5 Å². The Hall–Kier alpha value is -2.31. The normalized spacial score (nSPS) is 17.5. The third-order valence-electron chi connectivity index (χ3n) is 2.86. The van der Waals surface area contributed by atoms with Crippen molar-refractivity contribution >= 4 is 6.09 Å². The van der Waals surface area contributed by atoms with Crippen LogP contribution in [0.3, 0.4) is 0 Å². The second-order valence-electron chi connectivity index (χ2n) is 6.71. The second-order valence-corrected chi connectivity index (χ2v) is 6.71. The van der Waals surface area contributed by atoms with Crippen LogP contribution in [0.1, 0.15) is 40.4 Å². The largest absolute Gasteiger partial charge is 0.457 e. The quantitative estimate of drug-likeness (QED) is 0.917. The number of aromatic nitrogens is 2. The number of amides is 1. The van der Waals surface area contributed by atoms with Gasteiger partial charge in [-0.05, 0) is 26.8 Å². The summed E-state index contributed by atoms with van der Waals surface area (Å²) in [6, 6.07) is 1.26. The fourth-order valence-corrected chi connectivity index (χ4v) is 1.98. The number of rotatable bonds is 4. The molecule has 23 heavy (non-hydrogen) atoms. The second kappa shape index (κ2) is 6.44. The van der Waals surface area contributed by atoms with Crippen LogP contribution in [0.4, 0.5) is 4.79 Å². The zero-order valence-electron chi connectivity index (χ0n) is 14.1. The van der Waals surface area contributed by atoms with Crippen LogP contribution in [-0.4, -0.2) is 33.5 Å². The summed E-state index contributed by atoms with van der Waals surface area (Å²) in [7, 11) is 0. The van der Waals surface area contributed by atoms with Crippen molar-refractivity contribution < 1.29 is 19.0 Å². The summed E-state index contributed by atoms with van der Waals surface area (Å²) < 4.78 is 16.5. The minimum atomic E-state index is -0.763. The number of hydrogen-bond acceptors (Lipinski definition) is 6. The van der Waals surface area contributed by atoms with Crippen molar-refractivity contribution in [2.75, 3.05) is 0 Å². The number of nitrogens with one attached hydrogen (secondary N) is 1. The maximum absolute atomic E-state index is 12.1. The Labute approximate surface area is 136 Å². The molecule has 0 bridgehead atoms. The van der Waals surface area contributed by atoms with E-state index >= 15 is 0 Å². The molecule has 0 saturated heterocycles. The lowest BCUT2D eigenvalue weighted by Crippen LogP contribution is -2.42. The lowest BCUT2D eigenvalue weighted by Gasteiger charge is -2.25. The van der Waals surface area contributed by atoms with Gasteiger partial charge in [0.25, 0.3) is 0 Å². The van der Waals surface area contributed by atoms with Gasteiger partial charge in [0, 0.05) is 32.7 Å². The van der Waals surface area contributed by atoms with Crippen LogP contribution in [0.5, 0.6) is 0 Å². The molecule has 1 atom stereocenters. The Kier molecular flexibility index (Phi) is 4.77. The van der Waals surface area contributed by atoms with E-state index < -0.39 is 23.5 Å². The highest BCUT2D eigenvalue weighted by Gasteiger charge is 2.34. The lowest BCUT2D eigenvalue weighted by atomic mass is 10.1. The van der Waals surface area contributed by atoms with E-state index in [0.717, 1.165) is 0 Å². The summed E-state index contributed by atoms with van der Waals surface area (Å²) in [5.41, 5.74) is -0.585. The number of hydrogen-bond donors (Lipinski definition) is 1. The van der Waals surface area contributed by atoms with Gasteiger partial charge in [-0.1, -0.05) is 0 Å². The molecule has 2 rings (SSSR count). The average Bonchev–Trinajstić information content (AvgIpc) is 2.77. The highest BCUT2D eigenvalue weighted by molar-refractivity contribution is 5.68. The van der Waals surface area contributed by atoms with Crippen molar-refractivity contribution in [2.45, 2.75) is 58.5 Å². The average molecular weight is 321 g/mol. The summed E-state index contributed by atoms with van der Waals surface area (Å²) in [5.74, 6) is 0.330.